The van der Waals surface area contributed by atoms with Crippen molar-refractivity contribution in [3.05, 3.63) is 29.8 Å². The van der Waals surface area contributed by atoms with E-state index in [1.807, 2.05) is 29.2 Å². The number of carbonyl (C=O) groups is 2. The molecule has 2 aliphatic heterocycles. The first-order chi connectivity index (χ1) is 13.7. The average Bonchev–Trinajstić information content (AvgIpc) is 3.59. The topological polar surface area (TPSA) is 67.9 Å². The lowest BCUT2D eigenvalue weighted by Crippen LogP contribution is -2.42. The largest absolute Gasteiger partial charge is 0.490 e. The molecule has 0 bridgehead atoms. The summed E-state index contributed by atoms with van der Waals surface area (Å²) < 4.78 is 11.4. The fourth-order valence-electron chi connectivity index (χ4n) is 3.95. The van der Waals surface area contributed by atoms with E-state index in [-0.39, 0.29) is 12.0 Å². The number of piperidine rings is 1. The van der Waals surface area contributed by atoms with Crippen LogP contribution in [-0.2, 0) is 9.53 Å². The summed E-state index contributed by atoms with van der Waals surface area (Å²) in [7, 11) is 0. The van der Waals surface area contributed by atoms with Crippen molar-refractivity contribution in [1.82, 2.24) is 10.2 Å². The smallest absolute Gasteiger partial charge is 0.251 e. The molecule has 2 amide bonds. The Morgan fingerprint density at radius 1 is 1.00 bits per heavy atom. The molecule has 0 spiro atoms. The predicted molar refractivity (Wildman–Crippen MR) is 105 cm³/mol. The maximum atomic E-state index is 12.3. The third-order valence-electron chi connectivity index (χ3n) is 5.99. The maximum absolute atomic E-state index is 12.3. The fourth-order valence-corrected chi connectivity index (χ4v) is 3.95. The van der Waals surface area contributed by atoms with Crippen LogP contribution in [-0.4, -0.2) is 55.7 Å². The first-order valence-corrected chi connectivity index (χ1v) is 10.6. The van der Waals surface area contributed by atoms with Gasteiger partial charge in [0.25, 0.3) is 5.91 Å². The van der Waals surface area contributed by atoms with Crippen molar-refractivity contribution < 1.29 is 19.1 Å². The third-order valence-corrected chi connectivity index (χ3v) is 5.99. The van der Waals surface area contributed by atoms with Gasteiger partial charge >= 0.3 is 0 Å². The normalized spacial score (nSPS) is 21.4. The molecule has 1 aromatic carbocycles. The number of carbonyl (C=O) groups excluding carboxylic acids is 2. The number of hydrogen-bond donors (Lipinski definition) is 1. The van der Waals surface area contributed by atoms with E-state index < -0.39 is 0 Å². The number of likely N-dealkylation sites (tertiary alicyclic amines) is 1. The van der Waals surface area contributed by atoms with E-state index in [2.05, 4.69) is 5.32 Å². The Morgan fingerprint density at radius 3 is 2.32 bits per heavy atom. The average molecular weight is 386 g/mol. The zero-order chi connectivity index (χ0) is 19.3. The van der Waals surface area contributed by atoms with E-state index in [4.69, 9.17) is 9.47 Å². The van der Waals surface area contributed by atoms with Gasteiger partial charge in [-0.2, -0.15) is 0 Å². The van der Waals surface area contributed by atoms with Crippen LogP contribution in [0.25, 0.3) is 0 Å². The summed E-state index contributed by atoms with van der Waals surface area (Å²) in [5.41, 5.74) is 0.657. The molecular weight excluding hydrogens is 356 g/mol. The van der Waals surface area contributed by atoms with Gasteiger partial charge in [0.15, 0.2) is 0 Å². The van der Waals surface area contributed by atoms with Crippen molar-refractivity contribution in [2.45, 2.75) is 44.6 Å². The molecular formula is C22H30N2O4. The lowest BCUT2D eigenvalue weighted by Gasteiger charge is -2.32. The Balaban J connectivity index is 1.21. The lowest BCUT2D eigenvalue weighted by atomic mass is 10.0. The van der Waals surface area contributed by atoms with Crippen LogP contribution in [0.4, 0.5) is 0 Å². The Kier molecular flexibility index (Phi) is 6.15. The Labute approximate surface area is 166 Å². The van der Waals surface area contributed by atoms with E-state index in [9.17, 15) is 9.59 Å². The summed E-state index contributed by atoms with van der Waals surface area (Å²) in [6, 6.07) is 7.37. The van der Waals surface area contributed by atoms with Gasteiger partial charge in [0.2, 0.25) is 5.91 Å². The lowest BCUT2D eigenvalue weighted by molar-refractivity contribution is -0.134. The van der Waals surface area contributed by atoms with E-state index in [0.717, 1.165) is 70.6 Å². The monoisotopic (exact) mass is 386 g/mol. The highest BCUT2D eigenvalue weighted by atomic mass is 16.5. The molecule has 0 aromatic heterocycles. The van der Waals surface area contributed by atoms with Crippen molar-refractivity contribution in [1.29, 1.82) is 0 Å². The number of benzene rings is 1. The quantitative estimate of drug-likeness (QED) is 0.816. The molecule has 0 unspecified atom stereocenters. The van der Waals surface area contributed by atoms with Gasteiger partial charge in [0.1, 0.15) is 11.9 Å². The number of hydrogen-bond acceptors (Lipinski definition) is 4. The van der Waals surface area contributed by atoms with Gasteiger partial charge in [0, 0.05) is 57.2 Å². The summed E-state index contributed by atoms with van der Waals surface area (Å²) in [5, 5.41) is 3.03. The molecule has 6 heteroatoms. The van der Waals surface area contributed by atoms with Crippen LogP contribution in [0.15, 0.2) is 24.3 Å². The summed E-state index contributed by atoms with van der Waals surface area (Å²) in [4.78, 5) is 26.4. The van der Waals surface area contributed by atoms with Crippen molar-refractivity contribution in [3.8, 4) is 5.75 Å². The molecule has 152 valence electrons. The van der Waals surface area contributed by atoms with Crippen molar-refractivity contribution in [2.75, 3.05) is 32.8 Å². The summed E-state index contributed by atoms with van der Waals surface area (Å²) >= 11 is 0. The molecule has 1 aromatic rings. The number of amides is 2. The minimum Gasteiger partial charge on any atom is -0.490 e. The van der Waals surface area contributed by atoms with Crippen LogP contribution in [0.5, 0.6) is 5.75 Å². The second-order valence-electron chi connectivity index (χ2n) is 8.21. The number of nitrogens with zero attached hydrogens (tertiary/aromatic N) is 1. The number of nitrogens with one attached hydrogen (secondary N) is 1. The number of ether oxygens (including phenoxy) is 2. The van der Waals surface area contributed by atoms with Crippen molar-refractivity contribution >= 4 is 11.8 Å². The minimum atomic E-state index is -0.0371. The molecule has 4 rings (SSSR count). The first-order valence-electron chi connectivity index (χ1n) is 10.6. The highest BCUT2D eigenvalue weighted by molar-refractivity contribution is 5.94. The van der Waals surface area contributed by atoms with Gasteiger partial charge < -0.3 is 19.7 Å². The molecule has 3 fully saturated rings. The van der Waals surface area contributed by atoms with Gasteiger partial charge in [-0.1, -0.05) is 0 Å². The molecule has 1 aliphatic carbocycles. The first kappa shape index (κ1) is 19.2. The highest BCUT2D eigenvalue weighted by Crippen LogP contribution is 2.32. The summed E-state index contributed by atoms with van der Waals surface area (Å²) in [6.07, 6.45) is 6.01. The Hall–Kier alpha value is -2.08. The standard InChI is InChI=1S/C22H30N2O4/c25-21(23-15-16-9-13-27-14-10-16)17-3-5-19(6-4-17)28-20-7-11-24(12-8-20)22(26)18-1-2-18/h3-6,16,18,20H,1-2,7-15H2,(H,23,25). The highest BCUT2D eigenvalue weighted by Gasteiger charge is 2.35. The summed E-state index contributed by atoms with van der Waals surface area (Å²) in [5.74, 6) is 1.88. The third kappa shape index (κ3) is 5.04. The van der Waals surface area contributed by atoms with Crippen LogP contribution >= 0.6 is 0 Å². The molecule has 1 N–H and O–H groups in total. The molecule has 2 heterocycles. The molecule has 0 atom stereocenters. The predicted octanol–water partition coefficient (Wildman–Crippen LogP) is 2.62. The minimum absolute atomic E-state index is 0.0371. The van der Waals surface area contributed by atoms with E-state index in [1.54, 1.807) is 0 Å². The maximum Gasteiger partial charge on any atom is 0.251 e. The molecule has 6 nitrogen and oxygen atoms in total. The van der Waals surface area contributed by atoms with Gasteiger partial charge in [-0.15, -0.1) is 0 Å². The molecule has 28 heavy (non-hydrogen) atoms. The Morgan fingerprint density at radius 2 is 1.68 bits per heavy atom. The van der Waals surface area contributed by atoms with Gasteiger partial charge in [-0.25, -0.2) is 0 Å². The van der Waals surface area contributed by atoms with E-state index >= 15 is 0 Å². The van der Waals surface area contributed by atoms with Gasteiger partial charge in [-0.05, 0) is 55.9 Å². The zero-order valence-corrected chi connectivity index (χ0v) is 16.4. The summed E-state index contributed by atoms with van der Waals surface area (Å²) in [6.45, 7) is 3.86. The fraction of sp³-hybridized carbons (Fsp3) is 0.636. The van der Waals surface area contributed by atoms with Crippen molar-refractivity contribution in [2.24, 2.45) is 11.8 Å². The molecule has 1 saturated carbocycles. The van der Waals surface area contributed by atoms with E-state index in [0.29, 0.717) is 29.9 Å². The molecule has 0 radical (unpaired) electrons. The Bertz CT molecular complexity index is 672. The van der Waals surface area contributed by atoms with Crippen LogP contribution in [0, 0.1) is 11.8 Å². The van der Waals surface area contributed by atoms with Crippen LogP contribution in [0.2, 0.25) is 0 Å². The van der Waals surface area contributed by atoms with Crippen LogP contribution < -0.4 is 10.1 Å². The number of rotatable bonds is 6. The van der Waals surface area contributed by atoms with Crippen molar-refractivity contribution in [3.63, 3.8) is 0 Å². The van der Waals surface area contributed by atoms with E-state index in [1.165, 1.54) is 0 Å². The molecule has 2 saturated heterocycles. The second-order valence-corrected chi connectivity index (χ2v) is 8.21. The van der Waals surface area contributed by atoms with Gasteiger partial charge in [-0.3, -0.25) is 9.59 Å². The van der Waals surface area contributed by atoms with Crippen LogP contribution in [0.1, 0.15) is 48.9 Å². The zero-order valence-electron chi connectivity index (χ0n) is 16.4. The SMILES string of the molecule is O=C(NCC1CCOCC1)c1ccc(OC2CCN(C(=O)C3CC3)CC2)cc1. The molecule has 3 aliphatic rings. The second kappa shape index (κ2) is 8.95. The van der Waals surface area contributed by atoms with Gasteiger partial charge in [0.05, 0.1) is 0 Å². The van der Waals surface area contributed by atoms with Crippen LogP contribution in [0.3, 0.4) is 0 Å².